The molecule has 2 heterocycles. The summed E-state index contributed by atoms with van der Waals surface area (Å²) in [4.78, 5) is 32.0. The van der Waals surface area contributed by atoms with Crippen molar-refractivity contribution in [3.05, 3.63) is 71.4 Å². The first-order valence-corrected chi connectivity index (χ1v) is 9.19. The van der Waals surface area contributed by atoms with Crippen molar-refractivity contribution in [3.63, 3.8) is 0 Å². The summed E-state index contributed by atoms with van der Waals surface area (Å²) >= 11 is 0. The number of likely N-dealkylation sites (tertiary alicyclic amines) is 1. The highest BCUT2D eigenvalue weighted by Gasteiger charge is 2.23. The summed E-state index contributed by atoms with van der Waals surface area (Å²) < 4.78 is 0. The molecule has 136 valence electrons. The van der Waals surface area contributed by atoms with Crippen LogP contribution in [0.2, 0.25) is 0 Å². The number of aryl methyl sites for hydroxylation is 1. The van der Waals surface area contributed by atoms with Crippen molar-refractivity contribution in [1.29, 1.82) is 0 Å². The van der Waals surface area contributed by atoms with Crippen LogP contribution in [-0.2, 0) is 0 Å². The average Bonchev–Trinajstić information content (AvgIpc) is 3.23. The fraction of sp³-hybridized carbons (Fsp3) is 0.227. The standard InChI is InChI=1S/C22H21N3O2/c1-15-7-6-9-17(22(27)25-13-4-5-14-25)20(15)24-21(26)19-12-11-16-8-2-3-10-18(16)23-19/h2-3,6-12H,4-5,13-14H2,1H3,(H,24,26). The van der Waals surface area contributed by atoms with Gasteiger partial charge in [-0.25, -0.2) is 4.98 Å². The molecule has 0 spiro atoms. The van der Waals surface area contributed by atoms with Crippen LogP contribution in [0, 0.1) is 6.92 Å². The fourth-order valence-electron chi connectivity index (χ4n) is 3.47. The Morgan fingerprint density at radius 2 is 1.74 bits per heavy atom. The van der Waals surface area contributed by atoms with Gasteiger partial charge < -0.3 is 10.2 Å². The Bertz CT molecular complexity index is 1020. The van der Waals surface area contributed by atoms with E-state index >= 15 is 0 Å². The Balaban J connectivity index is 1.64. The molecule has 1 aromatic heterocycles. The Morgan fingerprint density at radius 1 is 0.963 bits per heavy atom. The second kappa shape index (κ2) is 7.19. The van der Waals surface area contributed by atoms with Crippen LogP contribution in [0.1, 0.15) is 39.3 Å². The molecule has 27 heavy (non-hydrogen) atoms. The van der Waals surface area contributed by atoms with E-state index in [-0.39, 0.29) is 11.8 Å². The van der Waals surface area contributed by atoms with E-state index in [4.69, 9.17) is 0 Å². The Kier molecular flexibility index (Phi) is 4.59. The van der Waals surface area contributed by atoms with Crippen molar-refractivity contribution < 1.29 is 9.59 Å². The third kappa shape index (κ3) is 3.40. The van der Waals surface area contributed by atoms with Crippen LogP contribution < -0.4 is 5.32 Å². The summed E-state index contributed by atoms with van der Waals surface area (Å²) in [5.74, 6) is -0.344. The Labute approximate surface area is 158 Å². The number of nitrogens with one attached hydrogen (secondary N) is 1. The molecular formula is C22H21N3O2. The lowest BCUT2D eigenvalue weighted by Crippen LogP contribution is -2.29. The molecule has 1 fully saturated rings. The van der Waals surface area contributed by atoms with Crippen LogP contribution in [0.15, 0.2) is 54.6 Å². The SMILES string of the molecule is Cc1cccc(C(=O)N2CCCC2)c1NC(=O)c1ccc2ccccc2n1. The number of aromatic nitrogens is 1. The molecule has 1 aliphatic rings. The van der Waals surface area contributed by atoms with Crippen molar-refractivity contribution in [2.45, 2.75) is 19.8 Å². The quantitative estimate of drug-likeness (QED) is 0.768. The largest absolute Gasteiger partial charge is 0.339 e. The second-order valence-corrected chi connectivity index (χ2v) is 6.84. The molecule has 0 atom stereocenters. The minimum atomic E-state index is -0.314. The van der Waals surface area contributed by atoms with Gasteiger partial charge in [-0.15, -0.1) is 0 Å². The molecule has 1 aliphatic heterocycles. The summed E-state index contributed by atoms with van der Waals surface area (Å²) in [7, 11) is 0. The van der Waals surface area contributed by atoms with Crippen molar-refractivity contribution in [2.75, 3.05) is 18.4 Å². The number of hydrogen-bond acceptors (Lipinski definition) is 3. The number of carbonyl (C=O) groups excluding carboxylic acids is 2. The molecule has 0 radical (unpaired) electrons. The van der Waals surface area contributed by atoms with Crippen molar-refractivity contribution in [3.8, 4) is 0 Å². The van der Waals surface area contributed by atoms with E-state index in [0.29, 0.717) is 16.9 Å². The number of benzene rings is 2. The number of para-hydroxylation sites is 2. The first kappa shape index (κ1) is 17.2. The van der Waals surface area contributed by atoms with Gasteiger partial charge in [0.2, 0.25) is 0 Å². The predicted molar refractivity (Wildman–Crippen MR) is 106 cm³/mol. The summed E-state index contributed by atoms with van der Waals surface area (Å²) in [6.45, 7) is 3.43. The van der Waals surface area contributed by atoms with Gasteiger partial charge in [0.1, 0.15) is 5.69 Å². The predicted octanol–water partition coefficient (Wildman–Crippen LogP) is 4.03. The summed E-state index contributed by atoms with van der Waals surface area (Å²) in [5.41, 5.74) is 3.05. The maximum absolute atomic E-state index is 12.9. The Morgan fingerprint density at radius 3 is 2.56 bits per heavy atom. The van der Waals surface area contributed by atoms with Gasteiger partial charge in [-0.05, 0) is 43.5 Å². The van der Waals surface area contributed by atoms with Crippen LogP contribution in [0.25, 0.3) is 10.9 Å². The van der Waals surface area contributed by atoms with Crippen molar-refractivity contribution in [2.24, 2.45) is 0 Å². The van der Waals surface area contributed by atoms with Gasteiger partial charge in [0, 0.05) is 18.5 Å². The first-order valence-electron chi connectivity index (χ1n) is 9.19. The molecule has 1 N–H and O–H groups in total. The van der Waals surface area contributed by atoms with Gasteiger partial charge in [0.05, 0.1) is 16.8 Å². The summed E-state index contributed by atoms with van der Waals surface area (Å²) in [6, 6.07) is 16.8. The molecule has 5 nitrogen and oxygen atoms in total. The lowest BCUT2D eigenvalue weighted by Gasteiger charge is -2.19. The van der Waals surface area contributed by atoms with E-state index in [1.165, 1.54) is 0 Å². The molecule has 0 aliphatic carbocycles. The molecule has 0 bridgehead atoms. The first-order chi connectivity index (χ1) is 13.1. The van der Waals surface area contributed by atoms with Gasteiger partial charge in [-0.3, -0.25) is 9.59 Å². The zero-order valence-electron chi connectivity index (χ0n) is 15.2. The Hall–Kier alpha value is -3.21. The molecule has 0 unspecified atom stereocenters. The number of hydrogen-bond donors (Lipinski definition) is 1. The molecule has 0 saturated carbocycles. The average molecular weight is 359 g/mol. The van der Waals surface area contributed by atoms with Gasteiger partial charge in [0.25, 0.3) is 11.8 Å². The van der Waals surface area contributed by atoms with Crippen LogP contribution in [0.3, 0.4) is 0 Å². The monoisotopic (exact) mass is 359 g/mol. The summed E-state index contributed by atoms with van der Waals surface area (Å²) in [6.07, 6.45) is 2.06. The molecule has 2 aromatic carbocycles. The number of fused-ring (bicyclic) bond motifs is 1. The maximum Gasteiger partial charge on any atom is 0.274 e. The van der Waals surface area contributed by atoms with E-state index in [9.17, 15) is 9.59 Å². The maximum atomic E-state index is 12.9. The van der Waals surface area contributed by atoms with Crippen LogP contribution in [-0.4, -0.2) is 34.8 Å². The molecular weight excluding hydrogens is 338 g/mol. The van der Waals surface area contributed by atoms with Crippen LogP contribution in [0.4, 0.5) is 5.69 Å². The zero-order chi connectivity index (χ0) is 18.8. The lowest BCUT2D eigenvalue weighted by molar-refractivity contribution is 0.0794. The topological polar surface area (TPSA) is 62.3 Å². The number of amides is 2. The molecule has 4 rings (SSSR count). The minimum absolute atomic E-state index is 0.0297. The molecule has 2 amide bonds. The van der Waals surface area contributed by atoms with E-state index < -0.39 is 0 Å². The van der Waals surface area contributed by atoms with E-state index in [0.717, 1.165) is 42.4 Å². The molecule has 1 saturated heterocycles. The van der Waals surface area contributed by atoms with Gasteiger partial charge in [-0.2, -0.15) is 0 Å². The second-order valence-electron chi connectivity index (χ2n) is 6.84. The molecule has 3 aromatic rings. The highest BCUT2D eigenvalue weighted by atomic mass is 16.2. The normalized spacial score (nSPS) is 13.7. The van der Waals surface area contributed by atoms with Gasteiger partial charge in [0.15, 0.2) is 0 Å². The number of pyridine rings is 1. The minimum Gasteiger partial charge on any atom is -0.339 e. The number of nitrogens with zero attached hydrogens (tertiary/aromatic N) is 2. The summed E-state index contributed by atoms with van der Waals surface area (Å²) in [5, 5.41) is 3.90. The van der Waals surface area contributed by atoms with E-state index in [1.807, 2.05) is 54.3 Å². The lowest BCUT2D eigenvalue weighted by atomic mass is 10.1. The third-order valence-corrected chi connectivity index (χ3v) is 4.97. The highest BCUT2D eigenvalue weighted by Crippen LogP contribution is 2.24. The highest BCUT2D eigenvalue weighted by molar-refractivity contribution is 6.09. The third-order valence-electron chi connectivity index (χ3n) is 4.97. The van der Waals surface area contributed by atoms with Gasteiger partial charge in [-0.1, -0.05) is 36.4 Å². The molecule has 5 heteroatoms. The number of rotatable bonds is 3. The van der Waals surface area contributed by atoms with Gasteiger partial charge >= 0.3 is 0 Å². The number of anilines is 1. The smallest absolute Gasteiger partial charge is 0.274 e. The fourth-order valence-corrected chi connectivity index (χ4v) is 3.47. The zero-order valence-corrected chi connectivity index (χ0v) is 15.2. The van der Waals surface area contributed by atoms with Crippen molar-refractivity contribution >= 4 is 28.4 Å². The van der Waals surface area contributed by atoms with E-state index in [2.05, 4.69) is 10.3 Å². The van der Waals surface area contributed by atoms with Crippen LogP contribution in [0.5, 0.6) is 0 Å². The van der Waals surface area contributed by atoms with Crippen LogP contribution >= 0.6 is 0 Å². The number of carbonyl (C=O) groups is 2. The van der Waals surface area contributed by atoms with Crippen molar-refractivity contribution in [1.82, 2.24) is 9.88 Å². The van der Waals surface area contributed by atoms with E-state index in [1.54, 1.807) is 12.1 Å².